The maximum absolute atomic E-state index is 14.2. The van der Waals surface area contributed by atoms with E-state index < -0.39 is 35.1 Å². The molecule has 8 heteroatoms. The average molecular weight is 542 g/mol. The van der Waals surface area contributed by atoms with Crippen LogP contribution in [0.1, 0.15) is 38.7 Å². The molecule has 3 N–H and O–H groups in total. The summed E-state index contributed by atoms with van der Waals surface area (Å²) in [6, 6.07) is 21.6. The van der Waals surface area contributed by atoms with Crippen molar-refractivity contribution in [1.29, 1.82) is 0 Å². The second kappa shape index (κ2) is 10.0. The smallest absolute Gasteiger partial charge is 0.250 e. The first-order valence-electron chi connectivity index (χ1n) is 14.1. The maximum atomic E-state index is 14.2. The van der Waals surface area contributed by atoms with Crippen molar-refractivity contribution in [3.63, 3.8) is 0 Å². The molecular formula is C32H35N3O5. The number of benzene rings is 3. The first-order chi connectivity index (χ1) is 19.3. The fourth-order valence-corrected chi connectivity index (χ4v) is 7.24. The van der Waals surface area contributed by atoms with Crippen molar-refractivity contribution in [3.8, 4) is 0 Å². The largest absolute Gasteiger partial charge is 0.394 e. The SMILES string of the molecule is CC[C@@H](CO)N1C(=O)[C@@H]2[C@@H](C(=O)NCc3ccccc3)[C@@]3(C)CCC2(O3)C1C(=O)Nc1ccc2ccccc2c1. The number of nitrogens with one attached hydrogen (secondary N) is 2. The molecule has 3 aromatic carbocycles. The minimum atomic E-state index is -1.15. The third-order valence-electron chi connectivity index (χ3n) is 9.15. The zero-order valence-electron chi connectivity index (χ0n) is 22.8. The van der Waals surface area contributed by atoms with E-state index in [1.54, 1.807) is 0 Å². The number of aliphatic hydroxyl groups excluding tert-OH is 1. The summed E-state index contributed by atoms with van der Waals surface area (Å²) >= 11 is 0. The van der Waals surface area contributed by atoms with E-state index in [0.717, 1.165) is 16.3 Å². The van der Waals surface area contributed by atoms with Gasteiger partial charge in [-0.1, -0.05) is 67.6 Å². The van der Waals surface area contributed by atoms with Crippen LogP contribution in [0.5, 0.6) is 0 Å². The highest BCUT2D eigenvalue weighted by Gasteiger charge is 2.78. The van der Waals surface area contributed by atoms with Gasteiger partial charge in [0.1, 0.15) is 11.6 Å². The molecular weight excluding hydrogens is 506 g/mol. The number of likely N-dealkylation sites (tertiary alicyclic amines) is 1. The Kier molecular flexibility index (Phi) is 6.63. The Morgan fingerprint density at radius 2 is 1.75 bits per heavy atom. The van der Waals surface area contributed by atoms with E-state index in [-0.39, 0.29) is 24.3 Å². The molecule has 2 unspecified atom stereocenters. The zero-order valence-corrected chi connectivity index (χ0v) is 22.8. The summed E-state index contributed by atoms with van der Waals surface area (Å²) in [7, 11) is 0. The lowest BCUT2D eigenvalue weighted by Crippen LogP contribution is -2.56. The third kappa shape index (κ3) is 4.09. The number of nitrogens with zero attached hydrogens (tertiary/aromatic N) is 1. The van der Waals surface area contributed by atoms with E-state index in [9.17, 15) is 19.5 Å². The van der Waals surface area contributed by atoms with Gasteiger partial charge in [0.05, 0.1) is 30.1 Å². The number of anilines is 1. The first-order valence-corrected chi connectivity index (χ1v) is 14.1. The lowest BCUT2D eigenvalue weighted by atomic mass is 9.66. The Balaban J connectivity index is 1.33. The number of carbonyl (C=O) groups excluding carboxylic acids is 3. The summed E-state index contributed by atoms with van der Waals surface area (Å²) in [5.74, 6) is -2.47. The van der Waals surface area contributed by atoms with Crippen LogP contribution in [0.25, 0.3) is 10.8 Å². The molecule has 0 aliphatic carbocycles. The molecule has 3 aromatic rings. The Bertz CT molecular complexity index is 1460. The topological polar surface area (TPSA) is 108 Å². The van der Waals surface area contributed by atoms with Crippen LogP contribution in [0, 0.1) is 11.8 Å². The molecule has 2 bridgehead atoms. The zero-order chi connectivity index (χ0) is 28.1. The van der Waals surface area contributed by atoms with Gasteiger partial charge in [0, 0.05) is 12.2 Å². The molecule has 6 rings (SSSR count). The fraction of sp³-hybridized carbons (Fsp3) is 0.406. The summed E-state index contributed by atoms with van der Waals surface area (Å²) in [5.41, 5.74) is -0.443. The number of rotatable bonds is 8. The molecule has 0 aromatic heterocycles. The average Bonchev–Trinajstić information content (AvgIpc) is 3.54. The van der Waals surface area contributed by atoms with E-state index >= 15 is 0 Å². The standard InChI is InChI=1S/C32H35N3O5/c1-3-24(19-36)35-27(29(38)34-23-14-13-21-11-7-8-12-22(21)17-23)32-16-15-31(2,40-32)25(26(32)30(35)39)28(37)33-18-20-9-5-4-6-10-20/h4-14,17,24-27,36H,3,15-16,18-19H2,1-2H3,(H,33,37)(H,34,38)/t24-,25-,26-,27?,31+,32?/m0/s1. The second-order valence-electron chi connectivity index (χ2n) is 11.5. The molecule has 3 fully saturated rings. The quantitative estimate of drug-likeness (QED) is 0.404. The van der Waals surface area contributed by atoms with Gasteiger partial charge in [-0.15, -0.1) is 0 Å². The number of aliphatic hydroxyl groups is 1. The minimum absolute atomic E-state index is 0.251. The van der Waals surface area contributed by atoms with E-state index in [1.165, 1.54) is 4.90 Å². The number of hydrogen-bond donors (Lipinski definition) is 3. The van der Waals surface area contributed by atoms with Crippen LogP contribution in [-0.4, -0.2) is 57.6 Å². The van der Waals surface area contributed by atoms with Crippen LogP contribution in [0.3, 0.4) is 0 Å². The van der Waals surface area contributed by atoms with Gasteiger partial charge in [-0.05, 0) is 54.7 Å². The molecule has 1 spiro atoms. The van der Waals surface area contributed by atoms with Crippen LogP contribution < -0.4 is 10.6 Å². The van der Waals surface area contributed by atoms with Gasteiger partial charge in [0.2, 0.25) is 17.7 Å². The van der Waals surface area contributed by atoms with Crippen LogP contribution in [0.2, 0.25) is 0 Å². The van der Waals surface area contributed by atoms with Crippen LogP contribution in [-0.2, 0) is 25.7 Å². The molecule has 3 amide bonds. The molecule has 208 valence electrons. The Labute approximate surface area is 233 Å². The summed E-state index contributed by atoms with van der Waals surface area (Å²) in [6.07, 6.45) is 1.51. The Hall–Kier alpha value is -3.75. The van der Waals surface area contributed by atoms with Gasteiger partial charge < -0.3 is 25.4 Å². The lowest BCUT2D eigenvalue weighted by Gasteiger charge is -2.36. The molecule has 3 saturated heterocycles. The first kappa shape index (κ1) is 26.5. The van der Waals surface area contributed by atoms with Crippen molar-refractivity contribution >= 4 is 34.2 Å². The van der Waals surface area contributed by atoms with Crippen molar-refractivity contribution in [2.75, 3.05) is 11.9 Å². The summed E-state index contributed by atoms with van der Waals surface area (Å²) < 4.78 is 6.67. The predicted molar refractivity (Wildman–Crippen MR) is 151 cm³/mol. The molecule has 6 atom stereocenters. The van der Waals surface area contributed by atoms with Crippen molar-refractivity contribution in [1.82, 2.24) is 10.2 Å². The number of carbonyl (C=O) groups is 3. The van der Waals surface area contributed by atoms with Crippen molar-refractivity contribution in [2.45, 2.75) is 62.9 Å². The Morgan fingerprint density at radius 1 is 1.02 bits per heavy atom. The molecule has 3 heterocycles. The second-order valence-corrected chi connectivity index (χ2v) is 11.5. The fourth-order valence-electron chi connectivity index (χ4n) is 7.24. The van der Waals surface area contributed by atoms with Gasteiger partial charge in [0.25, 0.3) is 0 Å². The maximum Gasteiger partial charge on any atom is 0.250 e. The highest BCUT2D eigenvalue weighted by molar-refractivity contribution is 6.04. The predicted octanol–water partition coefficient (Wildman–Crippen LogP) is 3.63. The summed E-state index contributed by atoms with van der Waals surface area (Å²) in [5, 5.41) is 18.3. The molecule has 0 radical (unpaired) electrons. The third-order valence-corrected chi connectivity index (χ3v) is 9.15. The molecule has 40 heavy (non-hydrogen) atoms. The number of amides is 3. The molecule has 0 saturated carbocycles. The highest BCUT2D eigenvalue weighted by atomic mass is 16.5. The van der Waals surface area contributed by atoms with Crippen molar-refractivity contribution in [2.24, 2.45) is 11.8 Å². The van der Waals surface area contributed by atoms with Gasteiger partial charge in [-0.25, -0.2) is 0 Å². The van der Waals surface area contributed by atoms with Gasteiger partial charge in [-0.3, -0.25) is 14.4 Å². The number of fused-ring (bicyclic) bond motifs is 2. The van der Waals surface area contributed by atoms with E-state index in [0.29, 0.717) is 31.5 Å². The van der Waals surface area contributed by atoms with Gasteiger partial charge in [-0.2, -0.15) is 0 Å². The lowest BCUT2D eigenvalue weighted by molar-refractivity contribution is -0.148. The van der Waals surface area contributed by atoms with Crippen molar-refractivity contribution < 1.29 is 24.2 Å². The van der Waals surface area contributed by atoms with Crippen LogP contribution in [0.4, 0.5) is 5.69 Å². The van der Waals surface area contributed by atoms with E-state index in [2.05, 4.69) is 10.6 Å². The van der Waals surface area contributed by atoms with Crippen LogP contribution in [0.15, 0.2) is 72.8 Å². The molecule has 3 aliphatic rings. The molecule has 3 aliphatic heterocycles. The number of ether oxygens (including phenoxy) is 1. The van der Waals surface area contributed by atoms with E-state index in [4.69, 9.17) is 4.74 Å². The number of hydrogen-bond acceptors (Lipinski definition) is 5. The summed E-state index contributed by atoms with van der Waals surface area (Å²) in [6.45, 7) is 3.81. The van der Waals surface area contributed by atoms with E-state index in [1.807, 2.05) is 86.6 Å². The normalized spacial score (nSPS) is 29.4. The Morgan fingerprint density at radius 3 is 2.48 bits per heavy atom. The minimum Gasteiger partial charge on any atom is -0.394 e. The van der Waals surface area contributed by atoms with Gasteiger partial charge >= 0.3 is 0 Å². The monoisotopic (exact) mass is 541 g/mol. The van der Waals surface area contributed by atoms with Crippen molar-refractivity contribution in [3.05, 3.63) is 78.4 Å². The van der Waals surface area contributed by atoms with Gasteiger partial charge in [0.15, 0.2) is 0 Å². The highest BCUT2D eigenvalue weighted by Crippen LogP contribution is 2.63. The van der Waals surface area contributed by atoms with Crippen LogP contribution >= 0.6 is 0 Å². The summed E-state index contributed by atoms with van der Waals surface area (Å²) in [4.78, 5) is 43.5. The molecule has 8 nitrogen and oxygen atoms in total.